The highest BCUT2D eigenvalue weighted by atomic mass is 16.5. The van der Waals surface area contributed by atoms with Gasteiger partial charge >= 0.3 is 0 Å². The molecule has 1 saturated heterocycles. The second-order valence-corrected chi connectivity index (χ2v) is 7.24. The maximum atomic E-state index is 11.7. The topological polar surface area (TPSA) is 80.9 Å². The van der Waals surface area contributed by atoms with Crippen molar-refractivity contribution >= 4 is 16.8 Å². The van der Waals surface area contributed by atoms with E-state index in [9.17, 15) is 4.79 Å². The summed E-state index contributed by atoms with van der Waals surface area (Å²) in [5.74, 6) is 0.929. The minimum Gasteiger partial charge on any atom is -0.343 e. The van der Waals surface area contributed by atoms with Gasteiger partial charge in [0, 0.05) is 17.4 Å². The molecule has 1 unspecified atom stereocenters. The third kappa shape index (κ3) is 2.74. The Kier molecular flexibility index (Phi) is 3.72. The molecule has 1 atom stereocenters. The molecule has 28 heavy (non-hydrogen) atoms. The fraction of sp³-hybridized carbons (Fsp3) is 0.182. The molecule has 0 bridgehead atoms. The smallest absolute Gasteiger partial charge is 0.258 e. The summed E-state index contributed by atoms with van der Waals surface area (Å²) in [6.07, 6.45) is 1.12. The van der Waals surface area contributed by atoms with Gasteiger partial charge in [-0.05, 0) is 25.5 Å². The van der Waals surface area contributed by atoms with Crippen LogP contribution >= 0.6 is 0 Å². The second kappa shape index (κ2) is 6.27. The van der Waals surface area contributed by atoms with E-state index in [0.717, 1.165) is 27.7 Å². The monoisotopic (exact) mass is 370 g/mol. The molecule has 0 spiro atoms. The second-order valence-electron chi connectivity index (χ2n) is 7.24. The number of amides is 1. The van der Waals surface area contributed by atoms with E-state index >= 15 is 0 Å². The van der Waals surface area contributed by atoms with Crippen LogP contribution in [0.25, 0.3) is 33.6 Å². The normalized spacial score (nSPS) is 19.1. The van der Waals surface area contributed by atoms with Crippen molar-refractivity contribution in [3.05, 3.63) is 66.5 Å². The summed E-state index contributed by atoms with van der Waals surface area (Å²) in [6, 6.07) is 19.9. The number of benzene rings is 2. The predicted octanol–water partition coefficient (Wildman–Crippen LogP) is 4.08. The van der Waals surface area contributed by atoms with E-state index in [1.54, 1.807) is 0 Å². The lowest BCUT2D eigenvalue weighted by Gasteiger charge is -2.18. The third-order valence-electron chi connectivity index (χ3n) is 5.20. The van der Waals surface area contributed by atoms with Gasteiger partial charge in [-0.1, -0.05) is 53.7 Å². The zero-order valence-corrected chi connectivity index (χ0v) is 15.3. The Bertz CT molecular complexity index is 1190. The lowest BCUT2D eigenvalue weighted by atomic mass is 9.99. The number of hydrogen-bond donors (Lipinski definition) is 1. The molecule has 2 aromatic heterocycles. The van der Waals surface area contributed by atoms with Gasteiger partial charge in [0.1, 0.15) is 5.54 Å². The molecular formula is C22H18N4O2. The van der Waals surface area contributed by atoms with E-state index in [0.29, 0.717) is 24.6 Å². The minimum atomic E-state index is -0.593. The van der Waals surface area contributed by atoms with Crippen LogP contribution in [0.4, 0.5) is 0 Å². The molecule has 1 fully saturated rings. The van der Waals surface area contributed by atoms with Crippen LogP contribution in [0.2, 0.25) is 0 Å². The van der Waals surface area contributed by atoms with Gasteiger partial charge in [0.15, 0.2) is 5.82 Å². The Hall–Kier alpha value is -3.54. The van der Waals surface area contributed by atoms with Gasteiger partial charge in [0.25, 0.3) is 5.89 Å². The summed E-state index contributed by atoms with van der Waals surface area (Å²) in [6.45, 7) is 1.92. The van der Waals surface area contributed by atoms with Crippen molar-refractivity contribution in [1.82, 2.24) is 20.4 Å². The lowest BCUT2D eigenvalue weighted by molar-refractivity contribution is -0.119. The van der Waals surface area contributed by atoms with Crippen molar-refractivity contribution in [2.75, 3.05) is 0 Å². The number of nitrogens with zero attached hydrogens (tertiary/aromatic N) is 3. The molecule has 1 aliphatic rings. The molecule has 2 aromatic carbocycles. The van der Waals surface area contributed by atoms with Gasteiger partial charge in [-0.3, -0.25) is 4.79 Å². The Labute approximate surface area is 161 Å². The van der Waals surface area contributed by atoms with Crippen LogP contribution < -0.4 is 5.32 Å². The lowest BCUT2D eigenvalue weighted by Crippen LogP contribution is -2.36. The molecule has 0 radical (unpaired) electrons. The third-order valence-corrected chi connectivity index (χ3v) is 5.20. The van der Waals surface area contributed by atoms with Crippen molar-refractivity contribution in [3.63, 3.8) is 0 Å². The maximum absolute atomic E-state index is 11.7. The largest absolute Gasteiger partial charge is 0.343 e. The van der Waals surface area contributed by atoms with E-state index in [1.165, 1.54) is 0 Å². The zero-order valence-electron chi connectivity index (χ0n) is 15.3. The Morgan fingerprint density at radius 2 is 1.82 bits per heavy atom. The first kappa shape index (κ1) is 16.6. The summed E-state index contributed by atoms with van der Waals surface area (Å²) in [5.41, 5.74) is 2.96. The van der Waals surface area contributed by atoms with Gasteiger partial charge in [-0.2, -0.15) is 4.98 Å². The Balaban J connectivity index is 1.66. The Morgan fingerprint density at radius 3 is 2.61 bits per heavy atom. The highest BCUT2D eigenvalue weighted by molar-refractivity contribution is 5.94. The number of rotatable bonds is 3. The van der Waals surface area contributed by atoms with E-state index in [-0.39, 0.29) is 5.91 Å². The molecule has 1 aliphatic heterocycles. The first-order valence-electron chi connectivity index (χ1n) is 9.23. The summed E-state index contributed by atoms with van der Waals surface area (Å²) in [5, 5.41) is 8.06. The number of nitrogens with one attached hydrogen (secondary N) is 1. The minimum absolute atomic E-state index is 0.00887. The van der Waals surface area contributed by atoms with Crippen LogP contribution in [0, 0.1) is 0 Å². The van der Waals surface area contributed by atoms with E-state index in [2.05, 4.69) is 15.5 Å². The van der Waals surface area contributed by atoms with Gasteiger partial charge in [0.2, 0.25) is 5.91 Å². The van der Waals surface area contributed by atoms with Crippen LogP contribution in [0.3, 0.4) is 0 Å². The molecule has 3 heterocycles. The van der Waals surface area contributed by atoms with Gasteiger partial charge in [-0.25, -0.2) is 4.98 Å². The first-order valence-corrected chi connectivity index (χ1v) is 9.23. The van der Waals surface area contributed by atoms with Gasteiger partial charge in [0.05, 0.1) is 16.8 Å². The number of para-hydroxylation sites is 1. The molecule has 6 nitrogen and oxygen atoms in total. The fourth-order valence-electron chi connectivity index (χ4n) is 3.63. The zero-order chi connectivity index (χ0) is 19.1. The highest BCUT2D eigenvalue weighted by Gasteiger charge is 2.39. The molecular weight excluding hydrogens is 352 g/mol. The molecule has 0 aliphatic carbocycles. The SMILES string of the molecule is CC1(c2noc(-c3cc(-c4ccccc4)nc4ccccc34)n2)CCC(=O)N1. The van der Waals surface area contributed by atoms with Crippen molar-refractivity contribution in [1.29, 1.82) is 0 Å². The maximum Gasteiger partial charge on any atom is 0.258 e. The number of carbonyl (C=O) groups is 1. The highest BCUT2D eigenvalue weighted by Crippen LogP contribution is 2.34. The molecule has 1 N–H and O–H groups in total. The van der Waals surface area contributed by atoms with Gasteiger partial charge < -0.3 is 9.84 Å². The van der Waals surface area contributed by atoms with Crippen molar-refractivity contribution in [2.45, 2.75) is 25.3 Å². The summed E-state index contributed by atoms with van der Waals surface area (Å²) in [7, 11) is 0. The predicted molar refractivity (Wildman–Crippen MR) is 105 cm³/mol. The quantitative estimate of drug-likeness (QED) is 0.588. The Morgan fingerprint density at radius 1 is 1.04 bits per heavy atom. The molecule has 5 rings (SSSR count). The fourth-order valence-corrected chi connectivity index (χ4v) is 3.63. The van der Waals surface area contributed by atoms with E-state index in [1.807, 2.05) is 67.6 Å². The molecule has 138 valence electrons. The summed E-state index contributed by atoms with van der Waals surface area (Å²) in [4.78, 5) is 21.1. The molecule has 0 saturated carbocycles. The van der Waals surface area contributed by atoms with Crippen LogP contribution in [0.5, 0.6) is 0 Å². The average molecular weight is 370 g/mol. The van der Waals surface area contributed by atoms with Crippen LogP contribution in [-0.4, -0.2) is 21.0 Å². The van der Waals surface area contributed by atoms with Crippen molar-refractivity contribution in [3.8, 4) is 22.7 Å². The number of hydrogen-bond acceptors (Lipinski definition) is 5. The molecule has 1 amide bonds. The van der Waals surface area contributed by atoms with Crippen LogP contribution in [0.1, 0.15) is 25.6 Å². The first-order chi connectivity index (χ1) is 13.6. The van der Waals surface area contributed by atoms with E-state index in [4.69, 9.17) is 9.51 Å². The summed E-state index contributed by atoms with van der Waals surface area (Å²) >= 11 is 0. The van der Waals surface area contributed by atoms with Crippen molar-refractivity contribution in [2.24, 2.45) is 0 Å². The molecule has 6 heteroatoms. The van der Waals surface area contributed by atoms with Crippen molar-refractivity contribution < 1.29 is 9.32 Å². The van der Waals surface area contributed by atoms with E-state index < -0.39 is 5.54 Å². The number of aromatic nitrogens is 3. The standard InChI is InChI=1S/C22H18N4O2/c1-22(12-11-19(27)25-22)21-24-20(28-26-21)16-13-18(14-7-3-2-4-8-14)23-17-10-6-5-9-15(16)17/h2-10,13H,11-12H2,1H3,(H,25,27). The number of pyridine rings is 1. The van der Waals surface area contributed by atoms with Crippen LogP contribution in [-0.2, 0) is 10.3 Å². The summed E-state index contributed by atoms with van der Waals surface area (Å²) < 4.78 is 5.62. The van der Waals surface area contributed by atoms with Gasteiger partial charge in [-0.15, -0.1) is 0 Å². The average Bonchev–Trinajstić information content (AvgIpc) is 3.36. The number of fused-ring (bicyclic) bond motifs is 1. The van der Waals surface area contributed by atoms with Crippen LogP contribution in [0.15, 0.2) is 65.2 Å². The number of carbonyl (C=O) groups excluding carboxylic acids is 1. The molecule has 4 aromatic rings.